The monoisotopic (exact) mass is 594 g/mol. The number of rotatable bonds is 7. The standard InChI is InChI=1S/C25H24ClIN2O3S/c1-16-3-9-20(14-21(16)18-6-4-17(5-7-18)15-28-33(2,31)32)29-24(30)25(11-12-25)19-8-10-22(26)23(27)13-19/h3-10,13-14,28H,11-12,15H2,1-2H3,(H,29,30). The maximum atomic E-state index is 13.2. The Morgan fingerprint density at radius 3 is 2.36 bits per heavy atom. The summed E-state index contributed by atoms with van der Waals surface area (Å²) in [6, 6.07) is 19.4. The summed E-state index contributed by atoms with van der Waals surface area (Å²) in [7, 11) is -3.24. The molecule has 0 aromatic heterocycles. The molecule has 8 heteroatoms. The Bertz CT molecular complexity index is 1320. The molecule has 3 aromatic carbocycles. The number of sulfonamides is 1. The van der Waals surface area contributed by atoms with Gasteiger partial charge < -0.3 is 5.32 Å². The summed E-state index contributed by atoms with van der Waals surface area (Å²) in [5.41, 5.74) is 5.23. The molecular formula is C25H24ClIN2O3S. The Morgan fingerprint density at radius 2 is 1.76 bits per heavy atom. The minimum absolute atomic E-state index is 0.00220. The minimum Gasteiger partial charge on any atom is -0.325 e. The van der Waals surface area contributed by atoms with Gasteiger partial charge in [0, 0.05) is 15.8 Å². The van der Waals surface area contributed by atoms with Crippen LogP contribution in [0.15, 0.2) is 60.7 Å². The van der Waals surface area contributed by atoms with Crippen molar-refractivity contribution in [3.05, 3.63) is 85.9 Å². The van der Waals surface area contributed by atoms with Crippen molar-refractivity contribution >= 4 is 55.8 Å². The lowest BCUT2D eigenvalue weighted by atomic mass is 9.94. The number of benzene rings is 3. The van der Waals surface area contributed by atoms with E-state index in [2.05, 4.69) is 32.6 Å². The molecule has 2 N–H and O–H groups in total. The van der Waals surface area contributed by atoms with Crippen molar-refractivity contribution in [2.45, 2.75) is 31.7 Å². The highest BCUT2D eigenvalue weighted by Crippen LogP contribution is 2.49. The first kappa shape index (κ1) is 24.2. The van der Waals surface area contributed by atoms with E-state index >= 15 is 0 Å². The third kappa shape index (κ3) is 5.59. The molecule has 3 aromatic rings. The number of nitrogens with one attached hydrogen (secondary N) is 2. The van der Waals surface area contributed by atoms with Crippen LogP contribution in [-0.4, -0.2) is 20.6 Å². The van der Waals surface area contributed by atoms with E-state index in [1.807, 2.05) is 67.6 Å². The average Bonchev–Trinajstić information content (AvgIpc) is 3.58. The Labute approximate surface area is 213 Å². The van der Waals surface area contributed by atoms with E-state index in [1.54, 1.807) is 0 Å². The summed E-state index contributed by atoms with van der Waals surface area (Å²) in [6.07, 6.45) is 2.78. The highest BCUT2D eigenvalue weighted by atomic mass is 127. The number of amides is 1. The predicted octanol–water partition coefficient (Wildman–Crippen LogP) is 5.64. The maximum absolute atomic E-state index is 13.2. The number of halogens is 2. The van der Waals surface area contributed by atoms with Crippen LogP contribution in [0.1, 0.15) is 29.5 Å². The third-order valence-corrected chi connectivity index (χ3v) is 8.17. The normalized spacial score (nSPS) is 14.7. The van der Waals surface area contributed by atoms with Crippen molar-refractivity contribution in [1.29, 1.82) is 0 Å². The predicted molar refractivity (Wildman–Crippen MR) is 142 cm³/mol. The molecule has 1 saturated carbocycles. The Balaban J connectivity index is 1.53. The molecule has 0 bridgehead atoms. The lowest BCUT2D eigenvalue weighted by Crippen LogP contribution is -2.27. The Morgan fingerprint density at radius 1 is 1.06 bits per heavy atom. The van der Waals surface area contributed by atoms with Gasteiger partial charge in [0.15, 0.2) is 0 Å². The van der Waals surface area contributed by atoms with Crippen molar-refractivity contribution in [2.24, 2.45) is 0 Å². The molecule has 0 unspecified atom stereocenters. The highest BCUT2D eigenvalue weighted by molar-refractivity contribution is 14.1. The Kier molecular flexibility index (Phi) is 6.87. The zero-order chi connectivity index (χ0) is 23.8. The molecule has 1 aliphatic rings. The first-order valence-corrected chi connectivity index (χ1v) is 13.8. The molecule has 0 atom stereocenters. The lowest BCUT2D eigenvalue weighted by molar-refractivity contribution is -0.118. The summed E-state index contributed by atoms with van der Waals surface area (Å²) in [5, 5.41) is 3.80. The second-order valence-corrected chi connectivity index (χ2v) is 11.9. The van der Waals surface area contributed by atoms with Gasteiger partial charge in [0.1, 0.15) is 0 Å². The number of hydrogen-bond donors (Lipinski definition) is 2. The van der Waals surface area contributed by atoms with E-state index in [9.17, 15) is 13.2 Å². The summed E-state index contributed by atoms with van der Waals surface area (Å²) in [6.45, 7) is 2.28. The van der Waals surface area contributed by atoms with Crippen LogP contribution < -0.4 is 10.0 Å². The average molecular weight is 595 g/mol. The van der Waals surface area contributed by atoms with Crippen LogP contribution in [-0.2, 0) is 26.8 Å². The summed E-state index contributed by atoms with van der Waals surface area (Å²) in [5.74, 6) is -0.00220. The van der Waals surface area contributed by atoms with Crippen molar-refractivity contribution in [1.82, 2.24) is 4.72 Å². The molecule has 0 spiro atoms. The largest absolute Gasteiger partial charge is 0.325 e. The molecule has 0 radical (unpaired) electrons. The molecule has 0 heterocycles. The van der Waals surface area contributed by atoms with Gasteiger partial charge in [0.2, 0.25) is 15.9 Å². The van der Waals surface area contributed by atoms with Crippen LogP contribution in [0.25, 0.3) is 11.1 Å². The van der Waals surface area contributed by atoms with Crippen LogP contribution in [0.2, 0.25) is 5.02 Å². The third-order valence-electron chi connectivity index (χ3n) is 5.96. The molecular weight excluding hydrogens is 571 g/mol. The number of carbonyl (C=O) groups excluding carboxylic acids is 1. The van der Waals surface area contributed by atoms with Crippen LogP contribution in [0, 0.1) is 10.5 Å². The number of hydrogen-bond acceptors (Lipinski definition) is 3. The van der Waals surface area contributed by atoms with Gasteiger partial charge >= 0.3 is 0 Å². The van der Waals surface area contributed by atoms with Crippen molar-refractivity contribution in [2.75, 3.05) is 11.6 Å². The molecule has 1 amide bonds. The molecule has 33 heavy (non-hydrogen) atoms. The van der Waals surface area contributed by atoms with Gasteiger partial charge in [-0.25, -0.2) is 13.1 Å². The van der Waals surface area contributed by atoms with E-state index in [-0.39, 0.29) is 12.5 Å². The second kappa shape index (κ2) is 9.37. The topological polar surface area (TPSA) is 75.3 Å². The van der Waals surface area contributed by atoms with Crippen molar-refractivity contribution in [3.63, 3.8) is 0 Å². The first-order chi connectivity index (χ1) is 15.6. The van der Waals surface area contributed by atoms with Gasteiger partial charge in [-0.15, -0.1) is 0 Å². The second-order valence-electron chi connectivity index (χ2n) is 8.49. The van der Waals surface area contributed by atoms with E-state index in [4.69, 9.17) is 11.6 Å². The van der Waals surface area contributed by atoms with E-state index in [0.717, 1.165) is 56.2 Å². The molecule has 1 aliphatic carbocycles. The van der Waals surface area contributed by atoms with E-state index in [0.29, 0.717) is 5.02 Å². The molecule has 172 valence electrons. The zero-order valence-corrected chi connectivity index (χ0v) is 22.0. The minimum atomic E-state index is -3.24. The van der Waals surface area contributed by atoms with Gasteiger partial charge in [-0.1, -0.05) is 48.0 Å². The molecule has 4 rings (SSSR count). The lowest BCUT2D eigenvalue weighted by Gasteiger charge is -2.18. The van der Waals surface area contributed by atoms with E-state index in [1.165, 1.54) is 0 Å². The van der Waals surface area contributed by atoms with Crippen molar-refractivity contribution < 1.29 is 13.2 Å². The van der Waals surface area contributed by atoms with Gasteiger partial charge in [-0.3, -0.25) is 4.79 Å². The fourth-order valence-corrected chi connectivity index (χ4v) is 4.91. The fraction of sp³-hybridized carbons (Fsp3) is 0.240. The van der Waals surface area contributed by atoms with Gasteiger partial charge in [0.05, 0.1) is 16.7 Å². The summed E-state index contributed by atoms with van der Waals surface area (Å²) in [4.78, 5) is 13.2. The highest BCUT2D eigenvalue weighted by Gasteiger charge is 2.51. The number of aryl methyl sites for hydroxylation is 1. The van der Waals surface area contributed by atoms with Crippen LogP contribution in [0.4, 0.5) is 5.69 Å². The van der Waals surface area contributed by atoms with Gasteiger partial charge in [0.25, 0.3) is 0 Å². The smallest absolute Gasteiger partial charge is 0.235 e. The van der Waals surface area contributed by atoms with Crippen LogP contribution >= 0.6 is 34.2 Å². The fourth-order valence-electron chi connectivity index (χ4n) is 3.84. The van der Waals surface area contributed by atoms with Crippen molar-refractivity contribution in [3.8, 4) is 11.1 Å². The first-order valence-electron chi connectivity index (χ1n) is 10.5. The summed E-state index contributed by atoms with van der Waals surface area (Å²) < 4.78 is 26.1. The number of carbonyl (C=O) groups is 1. The van der Waals surface area contributed by atoms with E-state index < -0.39 is 15.4 Å². The van der Waals surface area contributed by atoms with Gasteiger partial charge in [-0.05, 0) is 94.4 Å². The summed E-state index contributed by atoms with van der Waals surface area (Å²) >= 11 is 8.35. The SMILES string of the molecule is Cc1ccc(NC(=O)C2(c3ccc(Cl)c(I)c3)CC2)cc1-c1ccc(CNS(C)(=O)=O)cc1. The Hall–Kier alpha value is -1.94. The molecule has 1 fully saturated rings. The van der Waals surface area contributed by atoms with Crippen LogP contribution in [0.3, 0.4) is 0 Å². The van der Waals surface area contributed by atoms with Gasteiger partial charge in [-0.2, -0.15) is 0 Å². The van der Waals surface area contributed by atoms with Crippen LogP contribution in [0.5, 0.6) is 0 Å². The molecule has 5 nitrogen and oxygen atoms in total. The molecule has 0 aliphatic heterocycles. The number of anilines is 1. The quantitative estimate of drug-likeness (QED) is 0.348. The zero-order valence-electron chi connectivity index (χ0n) is 18.3. The maximum Gasteiger partial charge on any atom is 0.235 e. The molecule has 0 saturated heterocycles.